The van der Waals surface area contributed by atoms with Gasteiger partial charge in [0.25, 0.3) is 0 Å². The zero-order chi connectivity index (χ0) is 8.36. The highest BCUT2D eigenvalue weighted by molar-refractivity contribution is 7.83. The zero-order valence-corrected chi connectivity index (χ0v) is 6.55. The summed E-state index contributed by atoms with van der Waals surface area (Å²) in [6.45, 7) is 2.47. The van der Waals surface area contributed by atoms with Crippen LogP contribution in [0.25, 0.3) is 0 Å². The minimum atomic E-state index is -4.33. The van der Waals surface area contributed by atoms with E-state index >= 15 is 0 Å². The zero-order valence-electron chi connectivity index (χ0n) is 5.73. The molecule has 5 nitrogen and oxygen atoms in total. The Morgan fingerprint density at radius 3 is 2.00 bits per heavy atom. The van der Waals surface area contributed by atoms with Crippen molar-refractivity contribution in [3.63, 3.8) is 0 Å². The number of hydrogen-bond acceptors (Lipinski definition) is 3. The molecule has 10 heavy (non-hydrogen) atoms. The SMILES string of the molecule is CCN(C(C)=O)S(=O)(=O)O. The van der Waals surface area contributed by atoms with E-state index in [1.54, 1.807) is 0 Å². The largest absolute Gasteiger partial charge is 0.362 e. The molecular weight excluding hydrogens is 158 g/mol. The van der Waals surface area contributed by atoms with Gasteiger partial charge < -0.3 is 0 Å². The lowest BCUT2D eigenvalue weighted by Crippen LogP contribution is -2.34. The third kappa shape index (κ3) is 2.32. The number of rotatable bonds is 2. The number of nitrogens with zero attached hydrogens (tertiary/aromatic N) is 1. The summed E-state index contributed by atoms with van der Waals surface area (Å²) in [6, 6.07) is 0. The molecule has 0 unspecified atom stereocenters. The highest BCUT2D eigenvalue weighted by Gasteiger charge is 2.18. The van der Waals surface area contributed by atoms with E-state index in [0.29, 0.717) is 4.31 Å². The van der Waals surface area contributed by atoms with Crippen molar-refractivity contribution in [2.24, 2.45) is 0 Å². The van der Waals surface area contributed by atoms with Crippen molar-refractivity contribution in [3.05, 3.63) is 0 Å². The quantitative estimate of drug-likeness (QED) is 0.571. The molecule has 60 valence electrons. The molecule has 0 saturated heterocycles. The summed E-state index contributed by atoms with van der Waals surface area (Å²) in [5, 5.41) is 0. The monoisotopic (exact) mass is 167 g/mol. The first-order chi connectivity index (χ1) is 4.39. The average molecular weight is 167 g/mol. The summed E-state index contributed by atoms with van der Waals surface area (Å²) < 4.78 is 29.2. The van der Waals surface area contributed by atoms with Crippen LogP contribution in [0.15, 0.2) is 0 Å². The molecule has 0 atom stereocenters. The van der Waals surface area contributed by atoms with E-state index in [0.717, 1.165) is 6.92 Å². The molecule has 0 spiro atoms. The second-order valence-corrected chi connectivity index (χ2v) is 3.00. The van der Waals surface area contributed by atoms with Crippen molar-refractivity contribution in [3.8, 4) is 0 Å². The first kappa shape index (κ1) is 9.38. The molecule has 0 aromatic carbocycles. The maximum absolute atomic E-state index is 10.4. The molecule has 0 aromatic rings. The van der Waals surface area contributed by atoms with Crippen molar-refractivity contribution >= 4 is 16.2 Å². The number of amides is 1. The molecule has 0 rings (SSSR count). The molecule has 0 heterocycles. The molecule has 1 N–H and O–H groups in total. The van der Waals surface area contributed by atoms with Crippen molar-refractivity contribution in [1.29, 1.82) is 0 Å². The van der Waals surface area contributed by atoms with E-state index in [1.165, 1.54) is 6.92 Å². The Hall–Kier alpha value is -0.620. The Morgan fingerprint density at radius 1 is 1.60 bits per heavy atom. The van der Waals surface area contributed by atoms with Gasteiger partial charge in [-0.15, -0.1) is 0 Å². The van der Waals surface area contributed by atoms with Gasteiger partial charge in [-0.25, -0.2) is 4.31 Å². The smallest absolute Gasteiger partial charge is 0.274 e. The normalized spacial score (nSPS) is 11.1. The Balaban J connectivity index is 4.55. The first-order valence-electron chi connectivity index (χ1n) is 2.65. The highest BCUT2D eigenvalue weighted by atomic mass is 32.2. The minimum absolute atomic E-state index is 0.0475. The van der Waals surface area contributed by atoms with Crippen LogP contribution >= 0.6 is 0 Å². The molecular formula is C4H9NO4S. The van der Waals surface area contributed by atoms with Gasteiger partial charge >= 0.3 is 10.3 Å². The third-order valence-electron chi connectivity index (χ3n) is 0.917. The van der Waals surface area contributed by atoms with Crippen LogP contribution in [0.3, 0.4) is 0 Å². The van der Waals surface area contributed by atoms with Crippen LogP contribution in [0.1, 0.15) is 13.8 Å². The minimum Gasteiger partial charge on any atom is -0.274 e. The van der Waals surface area contributed by atoms with Crippen LogP contribution in [0, 0.1) is 0 Å². The molecule has 0 saturated carbocycles. The topological polar surface area (TPSA) is 74.7 Å². The second-order valence-electron chi connectivity index (χ2n) is 1.66. The summed E-state index contributed by atoms with van der Waals surface area (Å²) in [6.07, 6.45) is 0. The average Bonchev–Trinajstić information content (AvgIpc) is 1.60. The molecule has 6 heteroatoms. The summed E-state index contributed by atoms with van der Waals surface area (Å²) in [5.41, 5.74) is 0. The second kappa shape index (κ2) is 2.98. The summed E-state index contributed by atoms with van der Waals surface area (Å²) in [7, 11) is -4.33. The maximum atomic E-state index is 10.4. The van der Waals surface area contributed by atoms with Crippen LogP contribution in [0.4, 0.5) is 0 Å². The Kier molecular flexibility index (Phi) is 2.79. The van der Waals surface area contributed by atoms with Gasteiger partial charge in [-0.1, -0.05) is 0 Å². The van der Waals surface area contributed by atoms with Crippen LogP contribution in [0.5, 0.6) is 0 Å². The Labute approximate surface area is 59.5 Å². The van der Waals surface area contributed by atoms with Gasteiger partial charge in [0.15, 0.2) is 0 Å². The van der Waals surface area contributed by atoms with Crippen LogP contribution in [-0.4, -0.2) is 29.7 Å². The van der Waals surface area contributed by atoms with Crippen molar-refractivity contribution in [2.45, 2.75) is 13.8 Å². The van der Waals surface area contributed by atoms with Gasteiger partial charge in [-0.3, -0.25) is 9.35 Å². The first-order valence-corrected chi connectivity index (χ1v) is 4.05. The fraction of sp³-hybridized carbons (Fsp3) is 0.750. The molecule has 0 fully saturated rings. The van der Waals surface area contributed by atoms with Crippen molar-refractivity contribution < 1.29 is 17.8 Å². The van der Waals surface area contributed by atoms with Gasteiger partial charge in [-0.2, -0.15) is 8.42 Å². The van der Waals surface area contributed by atoms with Gasteiger partial charge in [0.05, 0.1) is 0 Å². The standard InChI is InChI=1S/C4H9NO4S/c1-3-5(4(2)6)10(7,8)9/h3H2,1-2H3,(H,7,8,9). The van der Waals surface area contributed by atoms with Gasteiger partial charge in [0.2, 0.25) is 5.91 Å². The lowest BCUT2D eigenvalue weighted by Gasteiger charge is -2.12. The third-order valence-corrected chi connectivity index (χ3v) is 1.99. The van der Waals surface area contributed by atoms with E-state index in [4.69, 9.17) is 4.55 Å². The lowest BCUT2D eigenvalue weighted by atomic mass is 10.6. The van der Waals surface area contributed by atoms with Crippen molar-refractivity contribution in [1.82, 2.24) is 4.31 Å². The summed E-state index contributed by atoms with van der Waals surface area (Å²) in [5.74, 6) is -0.690. The van der Waals surface area contributed by atoms with Gasteiger partial charge in [-0.05, 0) is 6.92 Å². The summed E-state index contributed by atoms with van der Waals surface area (Å²) >= 11 is 0. The van der Waals surface area contributed by atoms with Gasteiger partial charge in [0, 0.05) is 13.5 Å². The van der Waals surface area contributed by atoms with Crippen LogP contribution in [0.2, 0.25) is 0 Å². The van der Waals surface area contributed by atoms with E-state index in [-0.39, 0.29) is 6.54 Å². The van der Waals surface area contributed by atoms with Crippen molar-refractivity contribution in [2.75, 3.05) is 6.54 Å². The Morgan fingerprint density at radius 2 is 2.00 bits per heavy atom. The van der Waals surface area contributed by atoms with E-state index < -0.39 is 16.2 Å². The molecule has 0 aliphatic carbocycles. The number of hydrogen-bond donors (Lipinski definition) is 1. The molecule has 0 aliphatic rings. The fourth-order valence-corrected chi connectivity index (χ4v) is 1.20. The Bertz CT molecular complexity index is 219. The van der Waals surface area contributed by atoms with E-state index in [2.05, 4.69) is 0 Å². The molecule has 0 radical (unpaired) electrons. The molecule has 0 aliphatic heterocycles. The maximum Gasteiger partial charge on any atom is 0.362 e. The van der Waals surface area contributed by atoms with Crippen LogP contribution < -0.4 is 0 Å². The molecule has 0 aromatic heterocycles. The van der Waals surface area contributed by atoms with Gasteiger partial charge in [0.1, 0.15) is 0 Å². The molecule has 1 amide bonds. The predicted molar refractivity (Wildman–Crippen MR) is 34.6 cm³/mol. The van der Waals surface area contributed by atoms with E-state index in [9.17, 15) is 13.2 Å². The number of carbonyl (C=O) groups is 1. The number of carbonyl (C=O) groups excluding carboxylic acids is 1. The predicted octanol–water partition coefficient (Wildman–Crippen LogP) is -0.342. The highest BCUT2D eigenvalue weighted by Crippen LogP contribution is 1.95. The van der Waals surface area contributed by atoms with E-state index in [1.807, 2.05) is 0 Å². The van der Waals surface area contributed by atoms with Crippen LogP contribution in [-0.2, 0) is 15.1 Å². The summed E-state index contributed by atoms with van der Waals surface area (Å²) in [4.78, 5) is 10.4. The molecule has 0 bridgehead atoms. The fourth-order valence-electron chi connectivity index (χ4n) is 0.548. The lowest BCUT2D eigenvalue weighted by molar-refractivity contribution is -0.124.